The molecule has 86 valence electrons. The Labute approximate surface area is 96.9 Å². The van der Waals surface area contributed by atoms with Crippen LogP contribution >= 0.6 is 11.3 Å². The predicted octanol–water partition coefficient (Wildman–Crippen LogP) is 2.26. The summed E-state index contributed by atoms with van der Waals surface area (Å²) in [5.74, 6) is 0. The van der Waals surface area contributed by atoms with Crippen molar-refractivity contribution in [2.45, 2.75) is 26.7 Å². The van der Waals surface area contributed by atoms with Crippen LogP contribution in [-0.2, 0) is 6.42 Å². The zero-order valence-corrected chi connectivity index (χ0v) is 10.6. The molecule has 0 fully saturated rings. The van der Waals surface area contributed by atoms with E-state index in [1.54, 1.807) is 0 Å². The summed E-state index contributed by atoms with van der Waals surface area (Å²) in [5, 5.41) is 5.60. The van der Waals surface area contributed by atoms with Crippen molar-refractivity contribution in [1.29, 1.82) is 0 Å². The van der Waals surface area contributed by atoms with Gasteiger partial charge in [0.25, 0.3) is 0 Å². The van der Waals surface area contributed by atoms with Gasteiger partial charge in [0, 0.05) is 4.88 Å². The van der Waals surface area contributed by atoms with E-state index >= 15 is 0 Å². The molecule has 0 bridgehead atoms. The molecule has 2 nitrogen and oxygen atoms in total. The molecule has 0 atom stereocenters. The van der Waals surface area contributed by atoms with Crippen molar-refractivity contribution < 1.29 is 0 Å². The van der Waals surface area contributed by atoms with Gasteiger partial charge < -0.3 is 11.1 Å². The highest BCUT2D eigenvalue weighted by molar-refractivity contribution is 7.09. The molecule has 0 aliphatic heterocycles. The molecule has 3 N–H and O–H groups in total. The first-order valence-corrected chi connectivity index (χ1v) is 6.45. The van der Waals surface area contributed by atoms with E-state index in [1.165, 1.54) is 4.88 Å². The molecule has 0 amide bonds. The van der Waals surface area contributed by atoms with Gasteiger partial charge in [-0.05, 0) is 49.3 Å². The van der Waals surface area contributed by atoms with Crippen LogP contribution in [0.3, 0.4) is 0 Å². The van der Waals surface area contributed by atoms with Crippen LogP contribution in [0.5, 0.6) is 0 Å². The number of hydrogen-bond acceptors (Lipinski definition) is 3. The third-order valence-corrected chi connectivity index (χ3v) is 3.60. The zero-order chi connectivity index (χ0) is 11.1. The van der Waals surface area contributed by atoms with E-state index in [1.807, 2.05) is 11.3 Å². The molecule has 1 rings (SSSR count). The highest BCUT2D eigenvalue weighted by Crippen LogP contribution is 2.16. The minimum absolute atomic E-state index is 0.274. The first-order valence-electron chi connectivity index (χ1n) is 5.57. The van der Waals surface area contributed by atoms with Gasteiger partial charge >= 0.3 is 0 Å². The number of thiophene rings is 1. The van der Waals surface area contributed by atoms with Gasteiger partial charge in [0.05, 0.1) is 0 Å². The van der Waals surface area contributed by atoms with Crippen molar-refractivity contribution in [3.05, 3.63) is 22.4 Å². The van der Waals surface area contributed by atoms with E-state index in [-0.39, 0.29) is 5.41 Å². The van der Waals surface area contributed by atoms with Gasteiger partial charge in [0.1, 0.15) is 0 Å². The van der Waals surface area contributed by atoms with Gasteiger partial charge in [-0.1, -0.05) is 19.9 Å². The second-order valence-electron chi connectivity index (χ2n) is 4.70. The summed E-state index contributed by atoms with van der Waals surface area (Å²) in [7, 11) is 0. The summed E-state index contributed by atoms with van der Waals surface area (Å²) in [6, 6.07) is 4.30. The summed E-state index contributed by atoms with van der Waals surface area (Å²) in [4.78, 5) is 1.46. The van der Waals surface area contributed by atoms with Crippen LogP contribution in [0.2, 0.25) is 0 Å². The Hall–Kier alpha value is -0.380. The average Bonchev–Trinajstić information content (AvgIpc) is 2.70. The van der Waals surface area contributed by atoms with E-state index in [2.05, 4.69) is 36.7 Å². The number of rotatable bonds is 7. The second-order valence-corrected chi connectivity index (χ2v) is 5.73. The minimum Gasteiger partial charge on any atom is -0.330 e. The molecule has 0 spiro atoms. The molecule has 3 heteroatoms. The van der Waals surface area contributed by atoms with Crippen molar-refractivity contribution in [2.75, 3.05) is 19.6 Å². The van der Waals surface area contributed by atoms with E-state index < -0.39 is 0 Å². The van der Waals surface area contributed by atoms with Crippen LogP contribution in [0.1, 0.15) is 25.1 Å². The number of nitrogens with two attached hydrogens (primary N) is 1. The van der Waals surface area contributed by atoms with E-state index in [4.69, 9.17) is 5.73 Å². The molecule has 0 saturated heterocycles. The molecule has 1 aromatic rings. The molecule has 0 unspecified atom stereocenters. The lowest BCUT2D eigenvalue weighted by atomic mass is 9.90. The fourth-order valence-electron chi connectivity index (χ4n) is 1.32. The molecular formula is C12H22N2S. The third kappa shape index (κ3) is 5.30. The van der Waals surface area contributed by atoms with Crippen molar-refractivity contribution in [1.82, 2.24) is 5.32 Å². The topological polar surface area (TPSA) is 38.0 Å². The molecule has 0 aliphatic carbocycles. The van der Waals surface area contributed by atoms with Crippen molar-refractivity contribution >= 4 is 11.3 Å². The Morgan fingerprint density at radius 2 is 2.20 bits per heavy atom. The molecule has 0 radical (unpaired) electrons. The Morgan fingerprint density at radius 1 is 1.40 bits per heavy atom. The van der Waals surface area contributed by atoms with Crippen molar-refractivity contribution in [3.8, 4) is 0 Å². The summed E-state index contributed by atoms with van der Waals surface area (Å²) in [6.07, 6.45) is 2.29. The summed E-state index contributed by atoms with van der Waals surface area (Å²) in [6.45, 7) is 7.33. The lowest BCUT2D eigenvalue weighted by molar-refractivity contribution is 0.340. The van der Waals surface area contributed by atoms with E-state index in [0.717, 1.165) is 32.5 Å². The highest BCUT2D eigenvalue weighted by Gasteiger charge is 2.13. The fraction of sp³-hybridized carbons (Fsp3) is 0.667. The highest BCUT2D eigenvalue weighted by atomic mass is 32.1. The molecule has 15 heavy (non-hydrogen) atoms. The quantitative estimate of drug-likeness (QED) is 0.700. The third-order valence-electron chi connectivity index (χ3n) is 2.66. The van der Waals surface area contributed by atoms with Gasteiger partial charge in [-0.3, -0.25) is 0 Å². The van der Waals surface area contributed by atoms with Gasteiger partial charge in [-0.25, -0.2) is 0 Å². The monoisotopic (exact) mass is 226 g/mol. The van der Waals surface area contributed by atoms with E-state index in [9.17, 15) is 0 Å². The normalized spacial score (nSPS) is 11.9. The SMILES string of the molecule is CC(C)(CN)CCNCCc1cccs1. The van der Waals surface area contributed by atoms with Crippen LogP contribution in [-0.4, -0.2) is 19.6 Å². The summed E-state index contributed by atoms with van der Waals surface area (Å²) in [5.41, 5.74) is 5.95. The van der Waals surface area contributed by atoms with Crippen LogP contribution in [0, 0.1) is 5.41 Å². The molecular weight excluding hydrogens is 204 g/mol. The van der Waals surface area contributed by atoms with Crippen LogP contribution in [0.15, 0.2) is 17.5 Å². The maximum absolute atomic E-state index is 5.67. The zero-order valence-electron chi connectivity index (χ0n) is 9.75. The van der Waals surface area contributed by atoms with Gasteiger partial charge in [0.2, 0.25) is 0 Å². The number of hydrogen-bond donors (Lipinski definition) is 2. The lowest BCUT2D eigenvalue weighted by Gasteiger charge is -2.22. The van der Waals surface area contributed by atoms with Gasteiger partial charge in [-0.15, -0.1) is 11.3 Å². The molecule has 1 aromatic heterocycles. The first kappa shape index (κ1) is 12.7. The minimum atomic E-state index is 0.274. The average molecular weight is 226 g/mol. The molecule has 1 heterocycles. The lowest BCUT2D eigenvalue weighted by Crippen LogP contribution is -2.29. The number of nitrogens with one attached hydrogen (secondary N) is 1. The predicted molar refractivity (Wildman–Crippen MR) is 68.3 cm³/mol. The van der Waals surface area contributed by atoms with Crippen molar-refractivity contribution in [3.63, 3.8) is 0 Å². The maximum Gasteiger partial charge on any atom is 0.00578 e. The second kappa shape index (κ2) is 6.26. The van der Waals surface area contributed by atoms with Gasteiger partial charge in [-0.2, -0.15) is 0 Å². The Balaban J connectivity index is 2.03. The fourth-order valence-corrected chi connectivity index (χ4v) is 2.03. The first-order chi connectivity index (χ1) is 7.14. The maximum atomic E-state index is 5.67. The Bertz CT molecular complexity index is 255. The Kier molecular flexibility index (Phi) is 5.29. The van der Waals surface area contributed by atoms with Crippen LogP contribution < -0.4 is 11.1 Å². The summed E-state index contributed by atoms with van der Waals surface area (Å²) < 4.78 is 0. The van der Waals surface area contributed by atoms with E-state index in [0.29, 0.717) is 0 Å². The standard InChI is InChI=1S/C12H22N2S/c1-12(2,10-13)6-8-14-7-5-11-4-3-9-15-11/h3-4,9,14H,5-8,10,13H2,1-2H3. The summed E-state index contributed by atoms with van der Waals surface area (Å²) >= 11 is 1.83. The van der Waals surface area contributed by atoms with Crippen molar-refractivity contribution in [2.24, 2.45) is 11.1 Å². The van der Waals surface area contributed by atoms with Crippen LogP contribution in [0.4, 0.5) is 0 Å². The molecule has 0 aliphatic rings. The largest absolute Gasteiger partial charge is 0.330 e. The smallest absolute Gasteiger partial charge is 0.00578 e. The van der Waals surface area contributed by atoms with Gasteiger partial charge in [0.15, 0.2) is 0 Å². The molecule has 0 aromatic carbocycles. The molecule has 0 saturated carbocycles. The van der Waals surface area contributed by atoms with Crippen LogP contribution in [0.25, 0.3) is 0 Å². The Morgan fingerprint density at radius 3 is 2.80 bits per heavy atom.